The summed E-state index contributed by atoms with van der Waals surface area (Å²) in [5.41, 5.74) is 5.79. The zero-order valence-electron chi connectivity index (χ0n) is 12.2. The first-order chi connectivity index (χ1) is 9.36. The summed E-state index contributed by atoms with van der Waals surface area (Å²) in [7, 11) is 0. The Morgan fingerprint density at radius 1 is 0.947 bits per heavy atom. The lowest BCUT2D eigenvalue weighted by Gasteiger charge is -2.45. The van der Waals surface area contributed by atoms with E-state index >= 15 is 0 Å². The normalized spacial score (nSPS) is 40.9. The van der Waals surface area contributed by atoms with Gasteiger partial charge in [0, 0.05) is 19.1 Å². The molecule has 0 aromatic rings. The van der Waals surface area contributed by atoms with E-state index in [-0.39, 0.29) is 0 Å². The maximum Gasteiger partial charge on any atom is 0.0730 e. The molecule has 3 rings (SSSR count). The Labute approximate surface area is 117 Å². The fourth-order valence-electron chi connectivity index (χ4n) is 4.38. The Morgan fingerprint density at radius 3 is 2.47 bits per heavy atom. The van der Waals surface area contributed by atoms with Gasteiger partial charge in [0.1, 0.15) is 0 Å². The van der Waals surface area contributed by atoms with Gasteiger partial charge in [0.2, 0.25) is 0 Å². The number of rotatable bonds is 3. The van der Waals surface area contributed by atoms with Crippen molar-refractivity contribution in [3.63, 3.8) is 0 Å². The van der Waals surface area contributed by atoms with Crippen LogP contribution < -0.4 is 5.73 Å². The first-order valence-electron chi connectivity index (χ1n) is 8.42. The van der Waals surface area contributed by atoms with Crippen LogP contribution in [0.15, 0.2) is 0 Å². The van der Waals surface area contributed by atoms with Gasteiger partial charge in [0.05, 0.1) is 12.7 Å². The van der Waals surface area contributed by atoms with Gasteiger partial charge in [-0.3, -0.25) is 4.90 Å². The molecule has 0 aromatic carbocycles. The molecule has 110 valence electrons. The number of nitrogens with zero attached hydrogens (tertiary/aromatic N) is 1. The largest absolute Gasteiger partial charge is 0.375 e. The lowest BCUT2D eigenvalue weighted by molar-refractivity contribution is -0.0934. The van der Waals surface area contributed by atoms with Crippen LogP contribution in [-0.4, -0.2) is 43.3 Å². The third kappa shape index (κ3) is 3.32. The molecule has 3 fully saturated rings. The summed E-state index contributed by atoms with van der Waals surface area (Å²) in [5, 5.41) is 0. The lowest BCUT2D eigenvalue weighted by Crippen LogP contribution is -2.54. The van der Waals surface area contributed by atoms with Crippen LogP contribution in [0.1, 0.15) is 51.4 Å². The molecule has 19 heavy (non-hydrogen) atoms. The van der Waals surface area contributed by atoms with Crippen LogP contribution >= 0.6 is 0 Å². The average Bonchev–Trinajstić information content (AvgIpc) is 2.48. The zero-order valence-corrected chi connectivity index (χ0v) is 12.2. The van der Waals surface area contributed by atoms with Gasteiger partial charge < -0.3 is 10.5 Å². The molecule has 2 N–H and O–H groups in total. The summed E-state index contributed by atoms with van der Waals surface area (Å²) in [6.45, 7) is 4.34. The molecule has 0 radical (unpaired) electrons. The van der Waals surface area contributed by atoms with Crippen molar-refractivity contribution in [3.05, 3.63) is 0 Å². The fourth-order valence-corrected chi connectivity index (χ4v) is 4.38. The third-order valence-electron chi connectivity index (χ3n) is 5.64. The maximum absolute atomic E-state index is 5.98. The van der Waals surface area contributed by atoms with Crippen molar-refractivity contribution in [1.29, 1.82) is 0 Å². The van der Waals surface area contributed by atoms with Crippen LogP contribution in [0.5, 0.6) is 0 Å². The second kappa shape index (κ2) is 6.55. The van der Waals surface area contributed by atoms with Crippen LogP contribution in [0.3, 0.4) is 0 Å². The molecule has 3 nitrogen and oxygen atoms in total. The van der Waals surface area contributed by atoms with E-state index in [1.165, 1.54) is 57.9 Å². The highest BCUT2D eigenvalue weighted by molar-refractivity contribution is 4.88. The summed E-state index contributed by atoms with van der Waals surface area (Å²) >= 11 is 0. The van der Waals surface area contributed by atoms with Crippen LogP contribution in [-0.2, 0) is 4.74 Å². The van der Waals surface area contributed by atoms with Crippen molar-refractivity contribution in [3.8, 4) is 0 Å². The van der Waals surface area contributed by atoms with E-state index in [0.29, 0.717) is 6.10 Å². The number of hydrogen-bond donors (Lipinski definition) is 1. The molecule has 2 unspecified atom stereocenters. The number of morpholine rings is 1. The lowest BCUT2D eigenvalue weighted by atomic mass is 9.81. The van der Waals surface area contributed by atoms with Gasteiger partial charge in [0.15, 0.2) is 0 Å². The van der Waals surface area contributed by atoms with E-state index in [9.17, 15) is 0 Å². The van der Waals surface area contributed by atoms with E-state index in [2.05, 4.69) is 4.90 Å². The Bertz CT molecular complexity index is 274. The highest BCUT2D eigenvalue weighted by Gasteiger charge is 2.35. The quantitative estimate of drug-likeness (QED) is 0.852. The molecule has 0 aromatic heterocycles. The second-order valence-electron chi connectivity index (χ2n) is 6.88. The summed E-state index contributed by atoms with van der Waals surface area (Å²) in [4.78, 5) is 2.76. The second-order valence-corrected chi connectivity index (χ2v) is 6.88. The standard InChI is InChI=1S/C16H30N2O/c17-11-13-5-7-14(8-6-13)12-18-9-10-19-16-4-2-1-3-15(16)18/h13-16H,1-12,17H2. The van der Waals surface area contributed by atoms with E-state index in [0.717, 1.165) is 37.6 Å². The van der Waals surface area contributed by atoms with Gasteiger partial charge in [-0.15, -0.1) is 0 Å². The van der Waals surface area contributed by atoms with Gasteiger partial charge in [-0.05, 0) is 56.9 Å². The minimum Gasteiger partial charge on any atom is -0.375 e. The molecule has 0 spiro atoms. The summed E-state index contributed by atoms with van der Waals surface area (Å²) in [5.74, 6) is 1.73. The maximum atomic E-state index is 5.98. The number of ether oxygens (including phenoxy) is 1. The predicted molar refractivity (Wildman–Crippen MR) is 78.1 cm³/mol. The first-order valence-corrected chi connectivity index (χ1v) is 8.42. The van der Waals surface area contributed by atoms with E-state index < -0.39 is 0 Å². The minimum atomic E-state index is 0.544. The Morgan fingerprint density at radius 2 is 1.68 bits per heavy atom. The Kier molecular flexibility index (Phi) is 4.78. The van der Waals surface area contributed by atoms with Crippen molar-refractivity contribution in [2.45, 2.75) is 63.5 Å². The molecule has 0 amide bonds. The van der Waals surface area contributed by atoms with Gasteiger partial charge >= 0.3 is 0 Å². The molecule has 2 saturated carbocycles. The highest BCUT2D eigenvalue weighted by Crippen LogP contribution is 2.33. The summed E-state index contributed by atoms with van der Waals surface area (Å²) in [6.07, 6.45) is 11.5. The fraction of sp³-hybridized carbons (Fsp3) is 1.00. The zero-order chi connectivity index (χ0) is 13.1. The highest BCUT2D eigenvalue weighted by atomic mass is 16.5. The minimum absolute atomic E-state index is 0.544. The first kappa shape index (κ1) is 13.8. The molecule has 1 heterocycles. The van der Waals surface area contributed by atoms with Gasteiger partial charge in [-0.25, -0.2) is 0 Å². The monoisotopic (exact) mass is 266 g/mol. The molecular weight excluding hydrogens is 236 g/mol. The van der Waals surface area contributed by atoms with Crippen LogP contribution in [0.4, 0.5) is 0 Å². The van der Waals surface area contributed by atoms with Crippen molar-refractivity contribution >= 4 is 0 Å². The number of nitrogens with two attached hydrogens (primary N) is 1. The summed E-state index contributed by atoms with van der Waals surface area (Å²) in [6, 6.07) is 0.731. The third-order valence-corrected chi connectivity index (χ3v) is 5.64. The van der Waals surface area contributed by atoms with Crippen molar-refractivity contribution in [2.24, 2.45) is 17.6 Å². The Hall–Kier alpha value is -0.120. The Balaban J connectivity index is 1.51. The number of fused-ring (bicyclic) bond motifs is 1. The molecular formula is C16H30N2O. The van der Waals surface area contributed by atoms with Crippen LogP contribution in [0.2, 0.25) is 0 Å². The summed E-state index contributed by atoms with van der Waals surface area (Å²) < 4.78 is 5.98. The molecule has 0 bridgehead atoms. The topological polar surface area (TPSA) is 38.5 Å². The van der Waals surface area contributed by atoms with E-state index in [4.69, 9.17) is 10.5 Å². The number of hydrogen-bond acceptors (Lipinski definition) is 3. The van der Waals surface area contributed by atoms with Gasteiger partial charge in [0.25, 0.3) is 0 Å². The average molecular weight is 266 g/mol. The molecule has 1 saturated heterocycles. The molecule has 3 aliphatic rings. The van der Waals surface area contributed by atoms with Crippen molar-refractivity contribution < 1.29 is 4.74 Å². The molecule has 2 atom stereocenters. The van der Waals surface area contributed by atoms with E-state index in [1.54, 1.807) is 0 Å². The van der Waals surface area contributed by atoms with Crippen LogP contribution in [0, 0.1) is 11.8 Å². The predicted octanol–water partition coefficient (Wildman–Crippen LogP) is 2.39. The van der Waals surface area contributed by atoms with Gasteiger partial charge in [-0.1, -0.05) is 12.8 Å². The molecule has 1 aliphatic heterocycles. The van der Waals surface area contributed by atoms with Gasteiger partial charge in [-0.2, -0.15) is 0 Å². The SMILES string of the molecule is NCC1CCC(CN2CCOC3CCCCC32)CC1. The van der Waals surface area contributed by atoms with Crippen molar-refractivity contribution in [2.75, 3.05) is 26.2 Å². The molecule has 2 aliphatic carbocycles. The molecule has 3 heteroatoms. The van der Waals surface area contributed by atoms with Crippen molar-refractivity contribution in [1.82, 2.24) is 4.90 Å². The van der Waals surface area contributed by atoms with E-state index in [1.807, 2.05) is 0 Å². The van der Waals surface area contributed by atoms with Crippen LogP contribution in [0.25, 0.3) is 0 Å². The smallest absolute Gasteiger partial charge is 0.0730 e.